The number of carboxylic acid groups (broad SMARTS) is 1. The summed E-state index contributed by atoms with van der Waals surface area (Å²) in [5.74, 6) is -0.809. The second-order valence-electron chi connectivity index (χ2n) is 5.88. The Hall–Kier alpha value is -0.610. The lowest BCUT2D eigenvalue weighted by Crippen LogP contribution is -2.55. The number of carboxylic acids is 1. The minimum atomic E-state index is -0.626. The van der Waals surface area contributed by atoms with Crippen LogP contribution in [0.5, 0.6) is 0 Å². The van der Waals surface area contributed by atoms with Crippen LogP contribution in [0.15, 0.2) is 0 Å². The second-order valence-corrected chi connectivity index (χ2v) is 5.88. The zero-order valence-corrected chi connectivity index (χ0v) is 10.8. The van der Waals surface area contributed by atoms with Gasteiger partial charge < -0.3 is 9.84 Å². The molecule has 1 heterocycles. The minimum Gasteiger partial charge on any atom is -0.481 e. The van der Waals surface area contributed by atoms with E-state index >= 15 is 0 Å². The van der Waals surface area contributed by atoms with Crippen molar-refractivity contribution in [2.24, 2.45) is 5.92 Å². The molecule has 1 saturated carbocycles. The van der Waals surface area contributed by atoms with Gasteiger partial charge in [-0.25, -0.2) is 0 Å². The fraction of sp³-hybridized carbons (Fsp3) is 0.923. The normalized spacial score (nSPS) is 34.5. The molecule has 1 aliphatic carbocycles. The maximum absolute atomic E-state index is 11.3. The largest absolute Gasteiger partial charge is 0.481 e. The lowest BCUT2D eigenvalue weighted by molar-refractivity contribution is -0.150. The van der Waals surface area contributed by atoms with Gasteiger partial charge in [-0.2, -0.15) is 0 Å². The summed E-state index contributed by atoms with van der Waals surface area (Å²) in [6, 6.07) is 0.212. The van der Waals surface area contributed by atoms with Crippen molar-refractivity contribution in [3.05, 3.63) is 0 Å². The van der Waals surface area contributed by atoms with E-state index in [1.54, 1.807) is 0 Å². The van der Waals surface area contributed by atoms with E-state index in [-0.39, 0.29) is 17.6 Å². The Balaban J connectivity index is 2.05. The highest BCUT2D eigenvalue weighted by Crippen LogP contribution is 2.31. The number of rotatable bonds is 2. The molecule has 0 spiro atoms. The third-order valence-electron chi connectivity index (χ3n) is 3.97. The van der Waals surface area contributed by atoms with Crippen molar-refractivity contribution in [3.63, 3.8) is 0 Å². The molecule has 4 nitrogen and oxygen atoms in total. The zero-order valence-electron chi connectivity index (χ0n) is 10.8. The summed E-state index contributed by atoms with van der Waals surface area (Å²) < 4.78 is 5.69. The molecular weight excluding hydrogens is 218 g/mol. The lowest BCUT2D eigenvalue weighted by atomic mass is 9.83. The summed E-state index contributed by atoms with van der Waals surface area (Å²) in [6.07, 6.45) is 4.07. The van der Waals surface area contributed by atoms with Gasteiger partial charge in [0.25, 0.3) is 0 Å². The monoisotopic (exact) mass is 241 g/mol. The molecule has 0 amide bonds. The van der Waals surface area contributed by atoms with Gasteiger partial charge >= 0.3 is 5.97 Å². The van der Waals surface area contributed by atoms with E-state index < -0.39 is 5.97 Å². The molecular formula is C13H23NO3. The molecule has 2 rings (SSSR count). The zero-order chi connectivity index (χ0) is 12.5. The molecule has 0 aromatic carbocycles. The molecule has 0 aromatic rings. The van der Waals surface area contributed by atoms with Crippen LogP contribution in [0, 0.1) is 5.92 Å². The number of carbonyl (C=O) groups is 1. The van der Waals surface area contributed by atoms with Crippen LogP contribution in [0.1, 0.15) is 39.5 Å². The number of morpholine rings is 1. The van der Waals surface area contributed by atoms with Gasteiger partial charge in [-0.3, -0.25) is 9.69 Å². The van der Waals surface area contributed by atoms with E-state index in [1.165, 1.54) is 0 Å². The number of hydrogen-bond donors (Lipinski definition) is 1. The van der Waals surface area contributed by atoms with Crippen LogP contribution in [0.25, 0.3) is 0 Å². The fourth-order valence-corrected chi connectivity index (χ4v) is 3.17. The first-order valence-electron chi connectivity index (χ1n) is 6.60. The highest BCUT2D eigenvalue weighted by molar-refractivity contribution is 5.71. The van der Waals surface area contributed by atoms with Crippen LogP contribution < -0.4 is 0 Å². The molecule has 98 valence electrons. The Morgan fingerprint density at radius 1 is 1.35 bits per heavy atom. The summed E-state index contributed by atoms with van der Waals surface area (Å²) in [7, 11) is 0. The Morgan fingerprint density at radius 2 is 2.06 bits per heavy atom. The predicted molar refractivity (Wildman–Crippen MR) is 65.0 cm³/mol. The first-order chi connectivity index (χ1) is 7.99. The van der Waals surface area contributed by atoms with Crippen molar-refractivity contribution >= 4 is 5.97 Å². The average molecular weight is 241 g/mol. The summed E-state index contributed by atoms with van der Waals surface area (Å²) in [5.41, 5.74) is -0.140. The van der Waals surface area contributed by atoms with E-state index in [1.807, 2.05) is 0 Å². The SMILES string of the molecule is CC1(C)CN(C2CCCCC2C(=O)O)CCO1. The molecule has 2 atom stereocenters. The Kier molecular flexibility index (Phi) is 3.73. The Morgan fingerprint density at radius 3 is 2.71 bits per heavy atom. The van der Waals surface area contributed by atoms with E-state index in [9.17, 15) is 9.90 Å². The van der Waals surface area contributed by atoms with E-state index in [0.717, 1.165) is 45.4 Å². The van der Waals surface area contributed by atoms with Crippen LogP contribution in [-0.4, -0.2) is 47.3 Å². The topological polar surface area (TPSA) is 49.8 Å². The molecule has 4 heteroatoms. The van der Waals surface area contributed by atoms with Gasteiger partial charge in [-0.15, -0.1) is 0 Å². The van der Waals surface area contributed by atoms with Gasteiger partial charge in [0, 0.05) is 19.1 Å². The number of aliphatic carboxylic acids is 1. The standard InChI is InChI=1S/C13H23NO3/c1-13(2)9-14(7-8-17-13)11-6-4-3-5-10(11)12(15)16/h10-11H,3-9H2,1-2H3,(H,15,16). The van der Waals surface area contributed by atoms with E-state index in [2.05, 4.69) is 18.7 Å². The highest BCUT2D eigenvalue weighted by Gasteiger charge is 2.38. The maximum Gasteiger partial charge on any atom is 0.308 e. The van der Waals surface area contributed by atoms with Gasteiger partial charge in [0.2, 0.25) is 0 Å². The molecule has 1 N–H and O–H groups in total. The maximum atomic E-state index is 11.3. The molecule has 2 aliphatic rings. The van der Waals surface area contributed by atoms with Crippen LogP contribution in [-0.2, 0) is 9.53 Å². The second kappa shape index (κ2) is 4.94. The van der Waals surface area contributed by atoms with Crippen LogP contribution in [0.3, 0.4) is 0 Å². The van der Waals surface area contributed by atoms with Gasteiger partial charge in [-0.1, -0.05) is 12.8 Å². The van der Waals surface area contributed by atoms with Crippen molar-refractivity contribution in [1.29, 1.82) is 0 Å². The first kappa shape index (κ1) is 12.8. The van der Waals surface area contributed by atoms with Crippen molar-refractivity contribution in [2.45, 2.75) is 51.2 Å². The van der Waals surface area contributed by atoms with Crippen LogP contribution >= 0.6 is 0 Å². The van der Waals surface area contributed by atoms with Gasteiger partial charge in [0.05, 0.1) is 18.1 Å². The van der Waals surface area contributed by atoms with Crippen molar-refractivity contribution in [2.75, 3.05) is 19.7 Å². The van der Waals surface area contributed by atoms with E-state index in [0.29, 0.717) is 0 Å². The Labute approximate surface area is 103 Å². The van der Waals surface area contributed by atoms with Crippen LogP contribution in [0.4, 0.5) is 0 Å². The number of hydrogen-bond acceptors (Lipinski definition) is 3. The molecule has 0 radical (unpaired) electrons. The average Bonchev–Trinajstić information content (AvgIpc) is 2.27. The number of nitrogens with zero attached hydrogens (tertiary/aromatic N) is 1. The van der Waals surface area contributed by atoms with E-state index in [4.69, 9.17) is 4.74 Å². The summed E-state index contributed by atoms with van der Waals surface area (Å²) in [4.78, 5) is 13.6. The molecule has 1 aliphatic heterocycles. The smallest absolute Gasteiger partial charge is 0.308 e. The Bertz CT molecular complexity index is 290. The fourth-order valence-electron chi connectivity index (χ4n) is 3.17. The van der Waals surface area contributed by atoms with Gasteiger partial charge in [0.1, 0.15) is 0 Å². The van der Waals surface area contributed by atoms with Gasteiger partial charge in [-0.05, 0) is 26.7 Å². The third kappa shape index (κ3) is 2.99. The molecule has 0 bridgehead atoms. The number of ether oxygens (including phenoxy) is 1. The molecule has 0 aromatic heterocycles. The minimum absolute atomic E-state index is 0.140. The van der Waals surface area contributed by atoms with Crippen molar-refractivity contribution in [1.82, 2.24) is 4.90 Å². The molecule has 2 fully saturated rings. The molecule has 17 heavy (non-hydrogen) atoms. The highest BCUT2D eigenvalue weighted by atomic mass is 16.5. The van der Waals surface area contributed by atoms with Crippen molar-refractivity contribution in [3.8, 4) is 0 Å². The van der Waals surface area contributed by atoms with Gasteiger partial charge in [0.15, 0.2) is 0 Å². The summed E-state index contributed by atoms with van der Waals surface area (Å²) in [6.45, 7) is 6.60. The molecule has 1 saturated heterocycles. The summed E-state index contributed by atoms with van der Waals surface area (Å²) in [5, 5.41) is 9.31. The predicted octanol–water partition coefficient (Wildman–Crippen LogP) is 1.74. The quantitative estimate of drug-likeness (QED) is 0.800. The molecule has 2 unspecified atom stereocenters. The third-order valence-corrected chi connectivity index (χ3v) is 3.97. The van der Waals surface area contributed by atoms with Crippen molar-refractivity contribution < 1.29 is 14.6 Å². The first-order valence-corrected chi connectivity index (χ1v) is 6.60. The summed E-state index contributed by atoms with van der Waals surface area (Å²) >= 11 is 0. The lowest BCUT2D eigenvalue weighted by Gasteiger charge is -2.45. The van der Waals surface area contributed by atoms with Crippen LogP contribution in [0.2, 0.25) is 0 Å².